The predicted octanol–water partition coefficient (Wildman–Crippen LogP) is 2.21. The minimum atomic E-state index is -0.839. The number of ketones is 1. The second-order valence-corrected chi connectivity index (χ2v) is 9.14. The van der Waals surface area contributed by atoms with E-state index in [-0.39, 0.29) is 29.9 Å². The number of thiazole rings is 1. The number of Topliss-reactive ketones (excluding diaryl/α,β-unsaturated/α-hetero) is 1. The Balaban J connectivity index is 1.64. The molecule has 0 aliphatic carbocycles. The first-order chi connectivity index (χ1) is 16.6. The molecule has 4 aromatic heterocycles. The van der Waals surface area contributed by atoms with Gasteiger partial charge in [0.15, 0.2) is 16.9 Å². The molecule has 0 saturated carbocycles. The van der Waals surface area contributed by atoms with Gasteiger partial charge in [0.05, 0.1) is 12.9 Å². The van der Waals surface area contributed by atoms with E-state index in [4.69, 9.17) is 0 Å². The molecule has 182 valence electrons. The van der Waals surface area contributed by atoms with Gasteiger partial charge in [-0.15, -0.1) is 11.3 Å². The monoisotopic (exact) mass is 495 g/mol. The van der Waals surface area contributed by atoms with Gasteiger partial charge in [0.1, 0.15) is 16.9 Å². The minimum Gasteiger partial charge on any atom is -0.312 e. The van der Waals surface area contributed by atoms with Crippen LogP contribution in [0.3, 0.4) is 0 Å². The number of hydrogen-bond donors (Lipinski definition) is 1. The van der Waals surface area contributed by atoms with Crippen LogP contribution in [0.2, 0.25) is 0 Å². The Morgan fingerprint density at radius 2 is 1.94 bits per heavy atom. The van der Waals surface area contributed by atoms with Crippen LogP contribution in [0.25, 0.3) is 21.7 Å². The maximum absolute atomic E-state index is 13.1. The highest BCUT2D eigenvalue weighted by Crippen LogP contribution is 2.27. The smallest absolute Gasteiger partial charge is 0.312 e. The summed E-state index contributed by atoms with van der Waals surface area (Å²) in [6, 6.07) is 1.15. The molecule has 1 N–H and O–H groups in total. The maximum Gasteiger partial charge on any atom is 0.332 e. The van der Waals surface area contributed by atoms with Gasteiger partial charge in [0.25, 0.3) is 5.56 Å². The fourth-order valence-corrected chi connectivity index (χ4v) is 4.32. The molecule has 1 atom stereocenters. The SMILES string of the molecule is CCC(=O)Cn1c(=O)c2c(ncn2[C@@H](C)C(=O)Nc2csc(-c3cnc(C)c(C)c3)n2)n(C)c1=O. The summed E-state index contributed by atoms with van der Waals surface area (Å²) in [7, 11) is 1.47. The van der Waals surface area contributed by atoms with E-state index in [1.807, 2.05) is 19.9 Å². The summed E-state index contributed by atoms with van der Waals surface area (Å²) in [6.45, 7) is 6.85. The van der Waals surface area contributed by atoms with Gasteiger partial charge < -0.3 is 9.88 Å². The van der Waals surface area contributed by atoms with Crippen molar-refractivity contribution in [3.8, 4) is 10.6 Å². The van der Waals surface area contributed by atoms with E-state index in [0.29, 0.717) is 5.82 Å². The van der Waals surface area contributed by atoms with Crippen LogP contribution in [-0.2, 0) is 23.2 Å². The number of rotatable bonds is 7. The highest BCUT2D eigenvalue weighted by atomic mass is 32.1. The van der Waals surface area contributed by atoms with Crippen LogP contribution in [0.4, 0.5) is 5.82 Å². The molecule has 0 aliphatic rings. The van der Waals surface area contributed by atoms with Gasteiger partial charge in [-0.2, -0.15) is 0 Å². The van der Waals surface area contributed by atoms with Crippen LogP contribution >= 0.6 is 11.3 Å². The van der Waals surface area contributed by atoms with E-state index in [1.54, 1.807) is 25.4 Å². The van der Waals surface area contributed by atoms with Crippen molar-refractivity contribution in [2.75, 3.05) is 5.32 Å². The zero-order valence-electron chi connectivity index (χ0n) is 20.0. The molecule has 0 bridgehead atoms. The van der Waals surface area contributed by atoms with E-state index in [0.717, 1.165) is 26.4 Å². The van der Waals surface area contributed by atoms with Crippen LogP contribution in [0.5, 0.6) is 0 Å². The van der Waals surface area contributed by atoms with Gasteiger partial charge in [-0.05, 0) is 32.4 Å². The van der Waals surface area contributed by atoms with Crippen molar-refractivity contribution >= 4 is 40.0 Å². The Labute approximate surface area is 204 Å². The topological polar surface area (TPSA) is 134 Å². The molecular weight excluding hydrogens is 470 g/mol. The average Bonchev–Trinajstić information content (AvgIpc) is 3.49. The normalized spacial score (nSPS) is 12.1. The average molecular weight is 496 g/mol. The molecule has 0 saturated heterocycles. The Morgan fingerprint density at radius 1 is 1.20 bits per heavy atom. The second-order valence-electron chi connectivity index (χ2n) is 8.28. The summed E-state index contributed by atoms with van der Waals surface area (Å²) in [4.78, 5) is 63.7. The maximum atomic E-state index is 13.1. The lowest BCUT2D eigenvalue weighted by Crippen LogP contribution is -2.41. The van der Waals surface area contributed by atoms with Crippen molar-refractivity contribution in [3.05, 3.63) is 56.1 Å². The quantitative estimate of drug-likeness (QED) is 0.415. The number of pyridine rings is 1. The second kappa shape index (κ2) is 9.37. The Morgan fingerprint density at radius 3 is 2.63 bits per heavy atom. The van der Waals surface area contributed by atoms with E-state index in [1.165, 1.54) is 33.8 Å². The molecule has 4 heterocycles. The number of anilines is 1. The van der Waals surface area contributed by atoms with Crippen LogP contribution < -0.4 is 16.6 Å². The number of nitrogens with zero attached hydrogens (tertiary/aromatic N) is 6. The number of nitrogens with one attached hydrogen (secondary N) is 1. The minimum absolute atomic E-state index is 0.0684. The first kappa shape index (κ1) is 24.2. The molecule has 0 aromatic carbocycles. The van der Waals surface area contributed by atoms with Gasteiger partial charge in [0.2, 0.25) is 5.91 Å². The molecule has 0 fully saturated rings. The molecule has 0 unspecified atom stereocenters. The van der Waals surface area contributed by atoms with Crippen LogP contribution in [-0.4, -0.2) is 40.3 Å². The number of amides is 1. The number of aromatic nitrogens is 6. The zero-order valence-corrected chi connectivity index (χ0v) is 20.8. The first-order valence-corrected chi connectivity index (χ1v) is 11.9. The number of hydrogen-bond acceptors (Lipinski definition) is 8. The summed E-state index contributed by atoms with van der Waals surface area (Å²) in [6.07, 6.45) is 3.28. The van der Waals surface area contributed by atoms with Crippen molar-refractivity contribution in [1.29, 1.82) is 0 Å². The Kier molecular flexibility index (Phi) is 6.48. The van der Waals surface area contributed by atoms with Gasteiger partial charge >= 0.3 is 5.69 Å². The largest absolute Gasteiger partial charge is 0.332 e. The number of fused-ring (bicyclic) bond motifs is 1. The molecule has 0 radical (unpaired) electrons. The summed E-state index contributed by atoms with van der Waals surface area (Å²) in [5.74, 6) is -0.287. The third-order valence-electron chi connectivity index (χ3n) is 5.93. The van der Waals surface area contributed by atoms with E-state index < -0.39 is 23.2 Å². The fraction of sp³-hybridized carbons (Fsp3) is 0.348. The lowest BCUT2D eigenvalue weighted by molar-refractivity contribution is -0.120. The van der Waals surface area contributed by atoms with Crippen LogP contribution in [0.15, 0.2) is 33.6 Å². The van der Waals surface area contributed by atoms with E-state index in [2.05, 4.69) is 20.3 Å². The number of aryl methyl sites for hydroxylation is 3. The summed E-state index contributed by atoms with van der Waals surface area (Å²) in [5.41, 5.74) is 1.75. The highest BCUT2D eigenvalue weighted by molar-refractivity contribution is 7.13. The lowest BCUT2D eigenvalue weighted by Gasteiger charge is -2.14. The van der Waals surface area contributed by atoms with Crippen LogP contribution in [0.1, 0.15) is 37.6 Å². The molecule has 0 aliphatic heterocycles. The van der Waals surface area contributed by atoms with Crippen molar-refractivity contribution in [2.45, 2.75) is 46.7 Å². The number of imidazole rings is 1. The van der Waals surface area contributed by atoms with Crippen molar-refractivity contribution < 1.29 is 9.59 Å². The Bertz CT molecular complexity index is 1580. The zero-order chi connectivity index (χ0) is 25.4. The third kappa shape index (κ3) is 4.44. The van der Waals surface area contributed by atoms with E-state index in [9.17, 15) is 19.2 Å². The molecule has 4 aromatic rings. The molecule has 35 heavy (non-hydrogen) atoms. The summed E-state index contributed by atoms with van der Waals surface area (Å²) < 4.78 is 3.48. The van der Waals surface area contributed by atoms with Gasteiger partial charge in [-0.1, -0.05) is 6.92 Å². The molecule has 4 rings (SSSR count). The number of carbonyl (C=O) groups is 2. The van der Waals surface area contributed by atoms with Gasteiger partial charge in [0, 0.05) is 36.3 Å². The fourth-order valence-electron chi connectivity index (χ4n) is 3.59. The summed E-state index contributed by atoms with van der Waals surface area (Å²) in [5, 5.41) is 5.22. The predicted molar refractivity (Wildman–Crippen MR) is 133 cm³/mol. The van der Waals surface area contributed by atoms with E-state index >= 15 is 0 Å². The van der Waals surface area contributed by atoms with Crippen molar-refractivity contribution in [1.82, 2.24) is 28.7 Å². The molecular formula is C23H25N7O4S. The lowest BCUT2D eigenvalue weighted by atomic mass is 10.2. The third-order valence-corrected chi connectivity index (χ3v) is 6.82. The first-order valence-electron chi connectivity index (χ1n) is 11.0. The van der Waals surface area contributed by atoms with Crippen molar-refractivity contribution in [2.24, 2.45) is 7.05 Å². The van der Waals surface area contributed by atoms with Crippen LogP contribution in [0, 0.1) is 13.8 Å². The highest BCUT2D eigenvalue weighted by Gasteiger charge is 2.24. The number of carbonyl (C=O) groups excluding carboxylic acids is 2. The molecule has 1 amide bonds. The molecule has 12 heteroatoms. The van der Waals surface area contributed by atoms with Crippen molar-refractivity contribution in [3.63, 3.8) is 0 Å². The molecule has 11 nitrogen and oxygen atoms in total. The molecule has 0 spiro atoms. The van der Waals surface area contributed by atoms with Gasteiger partial charge in [-0.3, -0.25) is 28.5 Å². The Hall–Kier alpha value is -3.93. The summed E-state index contributed by atoms with van der Waals surface area (Å²) >= 11 is 1.38. The standard InChI is InChI=1S/C23H25N7O4S/c1-6-16(31)9-29-22(33)18-19(28(5)23(29)34)25-11-30(18)14(4)20(32)26-17-10-35-21(27-17)15-7-12(2)13(3)24-8-15/h7-8,10-11,14H,6,9H2,1-5H3,(H,26,32)/t14-/m0/s1. The van der Waals surface area contributed by atoms with Gasteiger partial charge in [-0.25, -0.2) is 14.8 Å².